The number of anilines is 1. The zero-order chi connectivity index (χ0) is 25.4. The number of ether oxygens (including phenoxy) is 1. The lowest BCUT2D eigenvalue weighted by Gasteiger charge is -2.33. The Bertz CT molecular complexity index is 1500. The minimum absolute atomic E-state index is 0.279. The molecule has 9 nitrogen and oxygen atoms in total. The van der Waals surface area contributed by atoms with Crippen molar-refractivity contribution in [3.63, 3.8) is 0 Å². The number of nitrogens with one attached hydrogen (secondary N) is 2. The number of fused-ring (bicyclic) bond motifs is 2. The van der Waals surface area contributed by atoms with Gasteiger partial charge >= 0.3 is 6.03 Å². The number of aromatic nitrogens is 2. The Morgan fingerprint density at radius 2 is 1.68 bits per heavy atom. The van der Waals surface area contributed by atoms with E-state index in [9.17, 15) is 14.4 Å². The molecule has 2 aliphatic rings. The molecule has 4 amide bonds. The number of hydrogen-bond acceptors (Lipinski definition) is 5. The summed E-state index contributed by atoms with van der Waals surface area (Å²) in [6, 6.07) is 27.3. The Morgan fingerprint density at radius 1 is 0.973 bits per heavy atom. The van der Waals surface area contributed by atoms with E-state index >= 15 is 0 Å². The SMILES string of the molecule is O=C(CN1C(=O)NC2(CCOc3ccccc32)C1=O)Nc1cc(-c2ccccc2)nn1-c1ccccc1. The van der Waals surface area contributed by atoms with Crippen LogP contribution in [-0.4, -0.2) is 45.7 Å². The molecule has 184 valence electrons. The molecule has 6 rings (SSSR count). The standard InChI is InChI=1S/C28H23N5O4/c34-25(18-32-26(35)28(30-27(32)36)15-16-37-23-14-8-7-13-21(23)28)29-24-17-22(19-9-3-1-4-10-19)31-33(24)20-11-5-2-6-12-20/h1-14,17H,15-16,18H2,(H,29,34)(H,30,36). The predicted octanol–water partition coefficient (Wildman–Crippen LogP) is 3.71. The van der Waals surface area contributed by atoms with Crippen LogP contribution in [0.2, 0.25) is 0 Å². The molecule has 0 aliphatic carbocycles. The average Bonchev–Trinajstić information content (AvgIpc) is 3.45. The maximum atomic E-state index is 13.5. The summed E-state index contributed by atoms with van der Waals surface area (Å²) in [6.45, 7) is -0.155. The molecule has 1 saturated heterocycles. The van der Waals surface area contributed by atoms with Crippen molar-refractivity contribution < 1.29 is 19.1 Å². The molecule has 37 heavy (non-hydrogen) atoms. The maximum Gasteiger partial charge on any atom is 0.325 e. The predicted molar refractivity (Wildman–Crippen MR) is 136 cm³/mol. The van der Waals surface area contributed by atoms with Crippen molar-refractivity contribution in [2.24, 2.45) is 0 Å². The van der Waals surface area contributed by atoms with E-state index in [0.717, 1.165) is 16.2 Å². The number of carbonyl (C=O) groups excluding carboxylic acids is 3. The van der Waals surface area contributed by atoms with Crippen LogP contribution in [0.15, 0.2) is 91.0 Å². The van der Waals surface area contributed by atoms with Gasteiger partial charge in [-0.05, 0) is 18.2 Å². The monoisotopic (exact) mass is 493 g/mol. The van der Waals surface area contributed by atoms with E-state index in [2.05, 4.69) is 15.7 Å². The van der Waals surface area contributed by atoms with E-state index in [1.54, 1.807) is 28.9 Å². The lowest BCUT2D eigenvalue weighted by molar-refractivity contribution is -0.135. The van der Waals surface area contributed by atoms with Crippen molar-refractivity contribution in [1.82, 2.24) is 20.0 Å². The number of hydrogen-bond donors (Lipinski definition) is 2. The molecule has 1 atom stereocenters. The average molecular weight is 494 g/mol. The quantitative estimate of drug-likeness (QED) is 0.413. The Balaban J connectivity index is 1.27. The third-order valence-electron chi connectivity index (χ3n) is 6.61. The molecule has 1 unspecified atom stereocenters. The molecule has 4 aromatic rings. The summed E-state index contributed by atoms with van der Waals surface area (Å²) in [6.07, 6.45) is 0.286. The number of urea groups is 1. The van der Waals surface area contributed by atoms with Crippen LogP contribution in [0.1, 0.15) is 12.0 Å². The second-order valence-electron chi connectivity index (χ2n) is 8.90. The van der Waals surface area contributed by atoms with Crippen LogP contribution in [0.4, 0.5) is 10.6 Å². The van der Waals surface area contributed by atoms with E-state index < -0.39 is 29.9 Å². The highest BCUT2D eigenvalue weighted by molar-refractivity contribution is 6.10. The van der Waals surface area contributed by atoms with Gasteiger partial charge in [-0.3, -0.25) is 14.5 Å². The summed E-state index contributed by atoms with van der Waals surface area (Å²) < 4.78 is 7.30. The number of amides is 4. The second-order valence-corrected chi connectivity index (χ2v) is 8.90. The first-order chi connectivity index (χ1) is 18.0. The van der Waals surface area contributed by atoms with E-state index in [1.165, 1.54) is 0 Å². The summed E-state index contributed by atoms with van der Waals surface area (Å²) >= 11 is 0. The summed E-state index contributed by atoms with van der Waals surface area (Å²) in [7, 11) is 0. The summed E-state index contributed by atoms with van der Waals surface area (Å²) in [5.74, 6) is -0.00957. The van der Waals surface area contributed by atoms with Crippen molar-refractivity contribution in [3.8, 4) is 22.7 Å². The van der Waals surface area contributed by atoms with Gasteiger partial charge in [0.2, 0.25) is 5.91 Å². The van der Waals surface area contributed by atoms with Gasteiger partial charge in [0.05, 0.1) is 18.0 Å². The highest BCUT2D eigenvalue weighted by Gasteiger charge is 2.55. The Hall–Kier alpha value is -4.92. The van der Waals surface area contributed by atoms with Crippen LogP contribution in [0.25, 0.3) is 16.9 Å². The van der Waals surface area contributed by atoms with Gasteiger partial charge in [-0.15, -0.1) is 0 Å². The molecule has 0 bridgehead atoms. The van der Waals surface area contributed by atoms with Crippen molar-refractivity contribution >= 4 is 23.7 Å². The number of benzene rings is 3. The molecule has 9 heteroatoms. The maximum absolute atomic E-state index is 13.5. The molecule has 1 fully saturated rings. The minimum Gasteiger partial charge on any atom is -0.493 e. The second kappa shape index (κ2) is 8.94. The van der Waals surface area contributed by atoms with Gasteiger partial charge in [0.25, 0.3) is 5.91 Å². The van der Waals surface area contributed by atoms with Crippen LogP contribution in [0.3, 0.4) is 0 Å². The molecule has 2 N–H and O–H groups in total. The Kier molecular flexibility index (Phi) is 5.45. The smallest absolute Gasteiger partial charge is 0.325 e. The van der Waals surface area contributed by atoms with Crippen LogP contribution >= 0.6 is 0 Å². The first-order valence-electron chi connectivity index (χ1n) is 11.9. The normalized spacial score (nSPS) is 18.3. The number of nitrogens with zero attached hydrogens (tertiary/aromatic N) is 3. The van der Waals surface area contributed by atoms with Crippen LogP contribution in [0, 0.1) is 0 Å². The fourth-order valence-corrected chi connectivity index (χ4v) is 4.83. The molecule has 1 aromatic heterocycles. The van der Waals surface area contributed by atoms with Crippen LogP contribution in [0.5, 0.6) is 5.75 Å². The third-order valence-corrected chi connectivity index (χ3v) is 6.61. The Morgan fingerprint density at radius 3 is 2.46 bits per heavy atom. The van der Waals surface area contributed by atoms with E-state index in [1.807, 2.05) is 66.7 Å². The highest BCUT2D eigenvalue weighted by Crippen LogP contribution is 2.41. The van der Waals surface area contributed by atoms with E-state index in [0.29, 0.717) is 22.8 Å². The molecule has 3 heterocycles. The first kappa shape index (κ1) is 22.5. The highest BCUT2D eigenvalue weighted by atomic mass is 16.5. The summed E-state index contributed by atoms with van der Waals surface area (Å²) in [4.78, 5) is 40.5. The van der Waals surface area contributed by atoms with Gasteiger partial charge < -0.3 is 15.4 Å². The van der Waals surface area contributed by atoms with Crippen molar-refractivity contribution in [1.29, 1.82) is 0 Å². The van der Waals surface area contributed by atoms with Crippen molar-refractivity contribution in [3.05, 3.63) is 96.6 Å². The fourth-order valence-electron chi connectivity index (χ4n) is 4.83. The summed E-state index contributed by atoms with van der Waals surface area (Å²) in [5.41, 5.74) is 1.68. The van der Waals surface area contributed by atoms with Crippen LogP contribution in [-0.2, 0) is 15.1 Å². The van der Waals surface area contributed by atoms with Gasteiger partial charge in [0.1, 0.15) is 18.1 Å². The summed E-state index contributed by atoms with van der Waals surface area (Å²) in [5, 5.41) is 10.3. The zero-order valence-electron chi connectivity index (χ0n) is 19.8. The van der Waals surface area contributed by atoms with Crippen LogP contribution < -0.4 is 15.4 Å². The van der Waals surface area contributed by atoms with E-state index in [4.69, 9.17) is 4.74 Å². The number of para-hydroxylation sites is 2. The lowest BCUT2D eigenvalue weighted by Crippen LogP contribution is -2.48. The number of imide groups is 1. The van der Waals surface area contributed by atoms with Gasteiger partial charge in [-0.1, -0.05) is 66.7 Å². The molecule has 2 aliphatic heterocycles. The number of carbonyl (C=O) groups is 3. The molecule has 3 aromatic carbocycles. The van der Waals surface area contributed by atoms with Gasteiger partial charge in [-0.2, -0.15) is 5.10 Å². The molecule has 0 radical (unpaired) electrons. The van der Waals surface area contributed by atoms with Gasteiger partial charge in [0, 0.05) is 23.6 Å². The third kappa shape index (κ3) is 3.90. The minimum atomic E-state index is -1.24. The zero-order valence-corrected chi connectivity index (χ0v) is 19.8. The van der Waals surface area contributed by atoms with Gasteiger partial charge in [0.15, 0.2) is 5.54 Å². The fraction of sp³-hybridized carbons (Fsp3) is 0.143. The molecule has 1 spiro atoms. The van der Waals surface area contributed by atoms with Crippen molar-refractivity contribution in [2.45, 2.75) is 12.0 Å². The van der Waals surface area contributed by atoms with E-state index in [-0.39, 0.29) is 13.0 Å². The van der Waals surface area contributed by atoms with Crippen molar-refractivity contribution in [2.75, 3.05) is 18.5 Å². The molecule has 0 saturated carbocycles. The first-order valence-corrected chi connectivity index (χ1v) is 11.9. The lowest BCUT2D eigenvalue weighted by atomic mass is 9.84. The largest absolute Gasteiger partial charge is 0.493 e. The molecular weight excluding hydrogens is 470 g/mol. The van der Waals surface area contributed by atoms with Gasteiger partial charge in [-0.25, -0.2) is 9.48 Å². The Labute approximate surface area is 212 Å². The number of rotatable bonds is 5. The topological polar surface area (TPSA) is 106 Å². The molecular formula is C28H23N5O4.